The van der Waals surface area contributed by atoms with Crippen LogP contribution in [-0.2, 0) is 4.79 Å². The summed E-state index contributed by atoms with van der Waals surface area (Å²) in [5.74, 6) is 0.597. The van der Waals surface area contributed by atoms with E-state index >= 15 is 0 Å². The van der Waals surface area contributed by atoms with Gasteiger partial charge in [-0.05, 0) is 5.92 Å². The van der Waals surface area contributed by atoms with Gasteiger partial charge < -0.3 is 19.4 Å². The number of ether oxygens (including phenoxy) is 2. The van der Waals surface area contributed by atoms with E-state index in [0.717, 1.165) is 6.29 Å². The Balaban J connectivity index is 3.42. The van der Waals surface area contributed by atoms with Gasteiger partial charge in [0, 0.05) is 18.1 Å². The highest BCUT2D eigenvalue weighted by Gasteiger charge is 2.22. The largest absolute Gasteiger partial charge is 0.506 e. The predicted octanol–water partition coefficient (Wildman–Crippen LogP) is 2.76. The minimum absolute atomic E-state index is 0.0861. The average Bonchev–Trinajstić information content (AvgIpc) is 2.31. The molecule has 17 heavy (non-hydrogen) atoms. The molecule has 0 saturated carbocycles. The number of phenolic OH excluding ortho intramolecular Hbond substituents is 1. The van der Waals surface area contributed by atoms with Crippen LogP contribution in [0.4, 0.5) is 0 Å². The van der Waals surface area contributed by atoms with Crippen LogP contribution in [0.3, 0.4) is 0 Å². The Labute approximate surface area is 105 Å². The van der Waals surface area contributed by atoms with Gasteiger partial charge in [0.05, 0.1) is 19.2 Å². The van der Waals surface area contributed by atoms with Crippen LogP contribution in [0.25, 0.3) is 0 Å². The quantitative estimate of drug-likeness (QED) is 0.825. The van der Waals surface area contributed by atoms with Gasteiger partial charge in [0.25, 0.3) is 0 Å². The summed E-state index contributed by atoms with van der Waals surface area (Å²) >= 11 is 6.04. The Morgan fingerprint density at radius 1 is 1.47 bits per heavy atom. The number of methoxy groups -OCH3 is 2. The van der Waals surface area contributed by atoms with Crippen LogP contribution in [0.5, 0.6) is 17.2 Å². The van der Waals surface area contributed by atoms with Crippen molar-refractivity contribution in [2.45, 2.75) is 19.3 Å². The fraction of sp³-hybridized carbons (Fsp3) is 0.417. The number of aldehydes is 1. The van der Waals surface area contributed by atoms with Gasteiger partial charge in [-0.2, -0.15) is 0 Å². The maximum atomic E-state index is 10.6. The Kier molecular flexibility index (Phi) is 4.63. The van der Waals surface area contributed by atoms with Crippen molar-refractivity contribution in [1.29, 1.82) is 0 Å². The number of rotatable bonds is 5. The van der Waals surface area contributed by atoms with Crippen molar-refractivity contribution < 1.29 is 19.4 Å². The SMILES string of the molecule is COc1cc(O)c(Cl)c(C(C)CC=O)c1OC. The van der Waals surface area contributed by atoms with E-state index in [4.69, 9.17) is 21.1 Å². The van der Waals surface area contributed by atoms with Crippen molar-refractivity contribution >= 4 is 17.9 Å². The van der Waals surface area contributed by atoms with E-state index in [1.807, 2.05) is 6.92 Å². The van der Waals surface area contributed by atoms with Crippen molar-refractivity contribution in [1.82, 2.24) is 0 Å². The van der Waals surface area contributed by atoms with E-state index < -0.39 is 0 Å². The van der Waals surface area contributed by atoms with Crippen molar-refractivity contribution in [3.8, 4) is 17.2 Å². The monoisotopic (exact) mass is 258 g/mol. The summed E-state index contributed by atoms with van der Waals surface area (Å²) in [7, 11) is 2.96. The van der Waals surface area contributed by atoms with Crippen LogP contribution in [0, 0.1) is 0 Å². The molecule has 0 bridgehead atoms. The van der Waals surface area contributed by atoms with Crippen LogP contribution >= 0.6 is 11.6 Å². The van der Waals surface area contributed by atoms with Gasteiger partial charge in [-0.3, -0.25) is 0 Å². The highest BCUT2D eigenvalue weighted by molar-refractivity contribution is 6.33. The number of carbonyl (C=O) groups excluding carboxylic acids is 1. The van der Waals surface area contributed by atoms with Gasteiger partial charge in [0.1, 0.15) is 12.0 Å². The molecule has 0 saturated heterocycles. The number of benzene rings is 1. The molecule has 0 fully saturated rings. The lowest BCUT2D eigenvalue weighted by atomic mass is 9.96. The fourth-order valence-electron chi connectivity index (χ4n) is 1.69. The molecule has 1 rings (SSSR count). The summed E-state index contributed by atoms with van der Waals surface area (Å²) in [5, 5.41) is 9.88. The summed E-state index contributed by atoms with van der Waals surface area (Å²) in [4.78, 5) is 10.6. The minimum atomic E-state index is -0.157. The molecule has 1 atom stereocenters. The third-order valence-electron chi connectivity index (χ3n) is 2.56. The van der Waals surface area contributed by atoms with Gasteiger partial charge >= 0.3 is 0 Å². The minimum Gasteiger partial charge on any atom is -0.506 e. The molecule has 0 aliphatic rings. The highest BCUT2D eigenvalue weighted by atomic mass is 35.5. The van der Waals surface area contributed by atoms with Crippen molar-refractivity contribution in [3.63, 3.8) is 0 Å². The van der Waals surface area contributed by atoms with E-state index in [2.05, 4.69) is 0 Å². The lowest BCUT2D eigenvalue weighted by Crippen LogP contribution is -2.02. The zero-order valence-corrected chi connectivity index (χ0v) is 10.7. The Bertz CT molecular complexity index is 417. The number of phenols is 1. The molecule has 0 aliphatic carbocycles. The number of hydrogen-bond donors (Lipinski definition) is 1. The molecular formula is C12H15ClO4. The van der Waals surface area contributed by atoms with Crippen LogP contribution in [0.1, 0.15) is 24.8 Å². The van der Waals surface area contributed by atoms with E-state index in [1.54, 1.807) is 0 Å². The molecule has 94 valence electrons. The lowest BCUT2D eigenvalue weighted by molar-refractivity contribution is -0.108. The topological polar surface area (TPSA) is 55.8 Å². The van der Waals surface area contributed by atoms with Crippen molar-refractivity contribution in [2.24, 2.45) is 0 Å². The zero-order chi connectivity index (χ0) is 13.0. The number of carbonyl (C=O) groups is 1. The Morgan fingerprint density at radius 2 is 2.12 bits per heavy atom. The zero-order valence-electron chi connectivity index (χ0n) is 9.99. The van der Waals surface area contributed by atoms with Gasteiger partial charge in [-0.15, -0.1) is 0 Å². The van der Waals surface area contributed by atoms with Crippen molar-refractivity contribution in [3.05, 3.63) is 16.7 Å². The molecule has 1 aromatic rings. The first-order valence-electron chi connectivity index (χ1n) is 5.13. The molecule has 0 spiro atoms. The van der Waals surface area contributed by atoms with E-state index in [9.17, 15) is 9.90 Å². The molecule has 0 aliphatic heterocycles. The maximum absolute atomic E-state index is 10.6. The van der Waals surface area contributed by atoms with Crippen LogP contribution in [-0.4, -0.2) is 25.6 Å². The summed E-state index contributed by atoms with van der Waals surface area (Å²) in [5.41, 5.74) is 0.582. The average molecular weight is 259 g/mol. The molecule has 1 unspecified atom stereocenters. The summed E-state index contributed by atoms with van der Waals surface area (Å²) < 4.78 is 10.3. The number of hydrogen-bond acceptors (Lipinski definition) is 4. The third-order valence-corrected chi connectivity index (χ3v) is 2.96. The molecular weight excluding hydrogens is 244 g/mol. The first-order valence-corrected chi connectivity index (χ1v) is 5.51. The highest BCUT2D eigenvalue weighted by Crippen LogP contribution is 2.45. The van der Waals surface area contributed by atoms with Crippen LogP contribution in [0.2, 0.25) is 5.02 Å². The molecule has 0 amide bonds. The maximum Gasteiger partial charge on any atom is 0.165 e. The summed E-state index contributed by atoms with van der Waals surface area (Å²) in [6.45, 7) is 1.83. The molecule has 1 aromatic carbocycles. The summed E-state index contributed by atoms with van der Waals surface area (Å²) in [6, 6.07) is 1.39. The summed E-state index contributed by atoms with van der Waals surface area (Å²) in [6.07, 6.45) is 1.10. The van der Waals surface area contributed by atoms with Gasteiger partial charge in [0.15, 0.2) is 11.5 Å². The first kappa shape index (κ1) is 13.6. The lowest BCUT2D eigenvalue weighted by Gasteiger charge is -2.18. The molecule has 4 nitrogen and oxygen atoms in total. The third kappa shape index (κ3) is 2.64. The Hall–Kier alpha value is -1.42. The van der Waals surface area contributed by atoms with Crippen molar-refractivity contribution in [2.75, 3.05) is 14.2 Å². The first-order chi connectivity index (χ1) is 8.06. The number of halogens is 1. The smallest absolute Gasteiger partial charge is 0.165 e. The standard InChI is InChI=1S/C12H15ClO4/c1-7(4-5-14)10-11(13)8(15)6-9(16-2)12(10)17-3/h5-7,15H,4H2,1-3H3. The second-order valence-electron chi connectivity index (χ2n) is 3.66. The molecule has 1 N–H and O–H groups in total. The molecule has 0 radical (unpaired) electrons. The number of aromatic hydroxyl groups is 1. The molecule has 0 heterocycles. The normalized spacial score (nSPS) is 12.0. The van der Waals surface area contributed by atoms with Gasteiger partial charge in [-0.1, -0.05) is 18.5 Å². The van der Waals surface area contributed by atoms with E-state index in [0.29, 0.717) is 23.5 Å². The molecule has 5 heteroatoms. The van der Waals surface area contributed by atoms with Crippen LogP contribution in [0.15, 0.2) is 6.07 Å². The Morgan fingerprint density at radius 3 is 2.59 bits per heavy atom. The van der Waals surface area contributed by atoms with E-state index in [-0.39, 0.29) is 16.7 Å². The van der Waals surface area contributed by atoms with Crippen LogP contribution < -0.4 is 9.47 Å². The van der Waals surface area contributed by atoms with E-state index in [1.165, 1.54) is 20.3 Å². The fourth-order valence-corrected chi connectivity index (χ4v) is 2.01. The predicted molar refractivity (Wildman–Crippen MR) is 65.3 cm³/mol. The second kappa shape index (κ2) is 5.77. The van der Waals surface area contributed by atoms with Gasteiger partial charge in [0.2, 0.25) is 0 Å². The second-order valence-corrected chi connectivity index (χ2v) is 4.04. The molecule has 0 aromatic heterocycles. The van der Waals surface area contributed by atoms with Gasteiger partial charge in [-0.25, -0.2) is 0 Å².